The van der Waals surface area contributed by atoms with Crippen LogP contribution in [-0.2, 0) is 24.1 Å². The van der Waals surface area contributed by atoms with E-state index in [0.717, 1.165) is 21.7 Å². The van der Waals surface area contributed by atoms with Crippen molar-refractivity contribution in [1.82, 2.24) is 14.1 Å². The predicted octanol–water partition coefficient (Wildman–Crippen LogP) is 1.40. The van der Waals surface area contributed by atoms with Gasteiger partial charge in [0.2, 0.25) is 5.91 Å². The molecule has 0 saturated carbocycles. The average molecular weight is 463 g/mol. The Kier molecular flexibility index (Phi) is 6.56. The molecule has 0 aliphatic rings. The van der Waals surface area contributed by atoms with Gasteiger partial charge in [-0.3, -0.25) is 23.9 Å². The number of amides is 1. The van der Waals surface area contributed by atoms with Gasteiger partial charge in [-0.2, -0.15) is 13.2 Å². The van der Waals surface area contributed by atoms with Crippen molar-refractivity contribution in [1.29, 1.82) is 0 Å². The molecule has 0 unspecified atom stereocenters. The van der Waals surface area contributed by atoms with Crippen molar-refractivity contribution in [2.24, 2.45) is 0 Å². The zero-order valence-electron chi connectivity index (χ0n) is 17.4. The first-order valence-electron chi connectivity index (χ1n) is 9.78. The Hall–Kier alpha value is -4.09. The number of carbonyl (C=O) groups excluding carboxylic acids is 1. The normalized spacial score (nSPS) is 11.4. The molecule has 0 saturated heterocycles. The number of alkyl halides is 3. The fourth-order valence-electron chi connectivity index (χ4n) is 3.33. The Labute approximate surface area is 184 Å². The van der Waals surface area contributed by atoms with Crippen LogP contribution in [0.1, 0.15) is 18.1 Å². The number of nitrogens with two attached hydrogens (primary N) is 1. The van der Waals surface area contributed by atoms with Crippen LogP contribution in [0.4, 0.5) is 24.7 Å². The van der Waals surface area contributed by atoms with Crippen LogP contribution in [0.15, 0.2) is 63.0 Å². The minimum absolute atomic E-state index is 0.00805. The van der Waals surface area contributed by atoms with E-state index in [2.05, 4.69) is 4.98 Å². The van der Waals surface area contributed by atoms with Gasteiger partial charge in [0.1, 0.15) is 17.9 Å². The van der Waals surface area contributed by atoms with Gasteiger partial charge in [-0.1, -0.05) is 30.3 Å². The van der Waals surface area contributed by atoms with Gasteiger partial charge >= 0.3 is 11.9 Å². The van der Waals surface area contributed by atoms with Crippen molar-refractivity contribution < 1.29 is 18.0 Å². The zero-order chi connectivity index (χ0) is 24.3. The van der Waals surface area contributed by atoms with E-state index in [1.165, 1.54) is 6.92 Å². The summed E-state index contributed by atoms with van der Waals surface area (Å²) in [5.41, 5.74) is 1.91. The Balaban J connectivity index is 2.01. The number of pyridine rings is 1. The molecular weight excluding hydrogens is 443 g/mol. The topological polar surface area (TPSA) is 123 Å². The number of nitrogens with zero attached hydrogens (tertiary/aromatic N) is 3. The number of H-pyrrole nitrogens is 1. The maximum atomic E-state index is 13.0. The number of aromatic nitrogens is 3. The third kappa shape index (κ3) is 4.89. The van der Waals surface area contributed by atoms with Crippen LogP contribution in [0.25, 0.3) is 0 Å². The molecule has 2 aromatic heterocycles. The molecule has 1 aromatic carbocycles. The molecule has 33 heavy (non-hydrogen) atoms. The fourth-order valence-corrected chi connectivity index (χ4v) is 3.33. The SMILES string of the molecule is CCN(C(=O)Cn1cccc(C(F)(F)F)c1=O)c1c(N)n(Cc2ccccc2)c(=O)[nH]c1=O. The fraction of sp³-hybridized carbons (Fsp3) is 0.238. The Bertz CT molecular complexity index is 1340. The van der Waals surface area contributed by atoms with Gasteiger partial charge in [0.25, 0.3) is 11.1 Å². The van der Waals surface area contributed by atoms with E-state index in [9.17, 15) is 32.3 Å². The number of carbonyl (C=O) groups is 1. The molecule has 0 aliphatic heterocycles. The monoisotopic (exact) mass is 463 g/mol. The first-order chi connectivity index (χ1) is 15.5. The highest BCUT2D eigenvalue weighted by molar-refractivity contribution is 5.95. The van der Waals surface area contributed by atoms with E-state index in [-0.39, 0.29) is 24.6 Å². The maximum Gasteiger partial charge on any atom is 0.421 e. The maximum absolute atomic E-state index is 13.0. The van der Waals surface area contributed by atoms with Gasteiger partial charge < -0.3 is 15.2 Å². The Morgan fingerprint density at radius 1 is 1.09 bits per heavy atom. The molecule has 0 radical (unpaired) electrons. The lowest BCUT2D eigenvalue weighted by Gasteiger charge is -2.23. The van der Waals surface area contributed by atoms with Crippen LogP contribution in [0.5, 0.6) is 0 Å². The van der Waals surface area contributed by atoms with E-state index in [1.807, 2.05) is 0 Å². The summed E-state index contributed by atoms with van der Waals surface area (Å²) in [6.45, 7) is 0.656. The number of halogens is 3. The predicted molar refractivity (Wildman–Crippen MR) is 115 cm³/mol. The number of nitrogens with one attached hydrogen (secondary N) is 1. The van der Waals surface area contributed by atoms with Crippen LogP contribution in [-0.4, -0.2) is 26.6 Å². The molecule has 3 aromatic rings. The second-order valence-corrected chi connectivity index (χ2v) is 7.06. The lowest BCUT2D eigenvalue weighted by molar-refractivity contribution is -0.139. The minimum atomic E-state index is -4.89. The lowest BCUT2D eigenvalue weighted by Crippen LogP contribution is -2.43. The first kappa shape index (κ1) is 23.6. The van der Waals surface area contributed by atoms with E-state index in [1.54, 1.807) is 30.3 Å². The summed E-state index contributed by atoms with van der Waals surface area (Å²) in [6.07, 6.45) is -3.85. The van der Waals surface area contributed by atoms with Crippen LogP contribution in [0.2, 0.25) is 0 Å². The van der Waals surface area contributed by atoms with Crippen LogP contribution < -0.4 is 27.4 Å². The van der Waals surface area contributed by atoms with E-state index >= 15 is 0 Å². The van der Waals surface area contributed by atoms with Crippen LogP contribution in [0.3, 0.4) is 0 Å². The summed E-state index contributed by atoms with van der Waals surface area (Å²) in [5, 5.41) is 0. The average Bonchev–Trinajstić information content (AvgIpc) is 2.75. The number of hydrogen-bond acceptors (Lipinski definition) is 5. The third-order valence-corrected chi connectivity index (χ3v) is 4.92. The highest BCUT2D eigenvalue weighted by Gasteiger charge is 2.34. The van der Waals surface area contributed by atoms with Crippen molar-refractivity contribution >= 4 is 17.4 Å². The van der Waals surface area contributed by atoms with Gasteiger partial charge in [0, 0.05) is 12.7 Å². The molecule has 0 aliphatic carbocycles. The van der Waals surface area contributed by atoms with E-state index in [0.29, 0.717) is 16.2 Å². The van der Waals surface area contributed by atoms with Gasteiger partial charge in [-0.25, -0.2) is 4.79 Å². The quantitative estimate of drug-likeness (QED) is 0.572. The largest absolute Gasteiger partial charge is 0.421 e. The summed E-state index contributed by atoms with van der Waals surface area (Å²) in [5.74, 6) is -1.15. The lowest BCUT2D eigenvalue weighted by atomic mass is 10.2. The van der Waals surface area contributed by atoms with E-state index < -0.39 is 41.0 Å². The van der Waals surface area contributed by atoms with E-state index in [4.69, 9.17) is 5.73 Å². The molecule has 12 heteroatoms. The molecule has 0 bridgehead atoms. The van der Waals surface area contributed by atoms with Crippen LogP contribution in [0, 0.1) is 0 Å². The smallest absolute Gasteiger partial charge is 0.383 e. The highest BCUT2D eigenvalue weighted by Crippen LogP contribution is 2.26. The molecule has 2 heterocycles. The molecule has 174 valence electrons. The number of hydrogen-bond donors (Lipinski definition) is 2. The number of likely N-dealkylation sites (N-methyl/N-ethyl adjacent to an activating group) is 1. The Morgan fingerprint density at radius 2 is 1.76 bits per heavy atom. The van der Waals surface area contributed by atoms with Crippen molar-refractivity contribution in [2.45, 2.75) is 26.2 Å². The summed E-state index contributed by atoms with van der Waals surface area (Å²) in [6, 6.07) is 10.4. The number of anilines is 2. The van der Waals surface area contributed by atoms with Crippen molar-refractivity contribution in [2.75, 3.05) is 17.2 Å². The molecule has 0 spiro atoms. The molecule has 1 amide bonds. The van der Waals surface area contributed by atoms with Crippen molar-refractivity contribution in [3.05, 3.63) is 91.0 Å². The second-order valence-electron chi connectivity index (χ2n) is 7.06. The van der Waals surface area contributed by atoms with Crippen LogP contribution >= 0.6 is 0 Å². The van der Waals surface area contributed by atoms with Gasteiger partial charge in [0.15, 0.2) is 5.69 Å². The van der Waals surface area contributed by atoms with Gasteiger partial charge in [-0.15, -0.1) is 0 Å². The standard InChI is InChI=1S/C21H20F3N5O4/c1-2-28(15(30)12-27-10-6-9-14(19(27)32)21(22,23)24)16-17(25)29(20(33)26-18(16)31)11-13-7-4-3-5-8-13/h3-10H,2,11-12,25H2,1H3,(H,26,31,33). The van der Waals surface area contributed by atoms with Gasteiger partial charge in [-0.05, 0) is 24.6 Å². The molecule has 9 nitrogen and oxygen atoms in total. The van der Waals surface area contributed by atoms with Crippen molar-refractivity contribution in [3.63, 3.8) is 0 Å². The molecule has 3 N–H and O–H groups in total. The number of rotatable bonds is 6. The van der Waals surface area contributed by atoms with Gasteiger partial charge in [0.05, 0.1) is 6.54 Å². The Morgan fingerprint density at radius 3 is 2.36 bits per heavy atom. The first-order valence-corrected chi connectivity index (χ1v) is 9.78. The third-order valence-electron chi connectivity index (χ3n) is 4.92. The second kappa shape index (κ2) is 9.18. The molecule has 0 fully saturated rings. The summed E-state index contributed by atoms with van der Waals surface area (Å²) < 4.78 is 40.7. The van der Waals surface area contributed by atoms with Crippen molar-refractivity contribution in [3.8, 4) is 0 Å². The minimum Gasteiger partial charge on any atom is -0.383 e. The zero-order valence-corrected chi connectivity index (χ0v) is 17.4. The number of benzene rings is 1. The number of nitrogen functional groups attached to an aromatic ring is 1. The number of aromatic amines is 1. The summed E-state index contributed by atoms with van der Waals surface area (Å²) in [4.78, 5) is 52.9. The molecular formula is C21H20F3N5O4. The summed E-state index contributed by atoms with van der Waals surface area (Å²) >= 11 is 0. The highest BCUT2D eigenvalue weighted by atomic mass is 19.4. The molecule has 3 rings (SSSR count). The molecule has 0 atom stereocenters. The summed E-state index contributed by atoms with van der Waals surface area (Å²) in [7, 11) is 0.